The first-order valence-electron chi connectivity index (χ1n) is 8.61. The molecule has 1 heterocycles. The minimum Gasteiger partial charge on any atom is -0.484 e. The van der Waals surface area contributed by atoms with E-state index in [1.807, 2.05) is 6.92 Å². The fourth-order valence-electron chi connectivity index (χ4n) is 2.67. The van der Waals surface area contributed by atoms with Crippen LogP contribution in [0.25, 0.3) is 0 Å². The van der Waals surface area contributed by atoms with Crippen LogP contribution in [-0.4, -0.2) is 48.9 Å². The number of likely N-dealkylation sites (tertiary alicyclic amines) is 1. The number of anilines is 1. The Hall–Kier alpha value is -2.57. The number of benzene rings is 1. The summed E-state index contributed by atoms with van der Waals surface area (Å²) in [6, 6.07) is 6.93. The Labute approximate surface area is 147 Å². The highest BCUT2D eigenvalue weighted by Gasteiger charge is 2.30. The lowest BCUT2D eigenvalue weighted by Gasteiger charge is -2.17. The van der Waals surface area contributed by atoms with Crippen molar-refractivity contribution in [3.05, 3.63) is 24.3 Å². The van der Waals surface area contributed by atoms with Gasteiger partial charge in [-0.25, -0.2) is 0 Å². The van der Waals surface area contributed by atoms with E-state index in [1.54, 1.807) is 36.1 Å². The molecule has 1 aliphatic rings. The standard InChI is InChI=1S/C18H25N3O4/c1-3-16(22)20-14-6-5-7-15(10-14)25-12-17(23)21-9-8-13(11-21)18(24)19-4-2/h5-7,10,13H,3-4,8-9,11-12H2,1-2H3,(H,19,24)(H,20,22)/t13-/m0/s1. The van der Waals surface area contributed by atoms with Crippen LogP contribution in [0.15, 0.2) is 24.3 Å². The molecule has 1 atom stereocenters. The molecule has 0 aliphatic carbocycles. The SMILES string of the molecule is CCNC(=O)[C@H]1CCN(C(=O)COc2cccc(NC(=O)CC)c2)C1. The zero-order valence-electron chi connectivity index (χ0n) is 14.7. The van der Waals surface area contributed by atoms with Crippen molar-refractivity contribution in [3.63, 3.8) is 0 Å². The third-order valence-electron chi connectivity index (χ3n) is 4.06. The molecular formula is C18H25N3O4. The number of rotatable bonds is 7. The number of nitrogens with one attached hydrogen (secondary N) is 2. The fourth-order valence-corrected chi connectivity index (χ4v) is 2.67. The van der Waals surface area contributed by atoms with Crippen LogP contribution < -0.4 is 15.4 Å². The van der Waals surface area contributed by atoms with Crippen molar-refractivity contribution in [1.82, 2.24) is 10.2 Å². The van der Waals surface area contributed by atoms with E-state index in [4.69, 9.17) is 4.74 Å². The Morgan fingerprint density at radius 2 is 2.08 bits per heavy atom. The summed E-state index contributed by atoms with van der Waals surface area (Å²) in [6.45, 7) is 5.15. The van der Waals surface area contributed by atoms with Gasteiger partial charge in [0.05, 0.1) is 5.92 Å². The summed E-state index contributed by atoms with van der Waals surface area (Å²) in [4.78, 5) is 37.2. The molecule has 2 N–H and O–H groups in total. The predicted octanol–water partition coefficient (Wildman–Crippen LogP) is 1.40. The van der Waals surface area contributed by atoms with Gasteiger partial charge in [0, 0.05) is 37.8 Å². The van der Waals surface area contributed by atoms with Gasteiger partial charge in [-0.1, -0.05) is 13.0 Å². The number of ether oxygens (including phenoxy) is 1. The lowest BCUT2D eigenvalue weighted by atomic mass is 10.1. The van der Waals surface area contributed by atoms with Crippen LogP contribution in [0.1, 0.15) is 26.7 Å². The van der Waals surface area contributed by atoms with E-state index in [9.17, 15) is 14.4 Å². The summed E-state index contributed by atoms with van der Waals surface area (Å²) in [7, 11) is 0. The lowest BCUT2D eigenvalue weighted by Crippen LogP contribution is -2.36. The van der Waals surface area contributed by atoms with Crippen LogP contribution in [0.2, 0.25) is 0 Å². The highest BCUT2D eigenvalue weighted by molar-refractivity contribution is 5.90. The first-order chi connectivity index (χ1) is 12.0. The molecule has 0 bridgehead atoms. The number of hydrogen-bond acceptors (Lipinski definition) is 4. The average Bonchev–Trinajstić information content (AvgIpc) is 3.10. The molecule has 7 nitrogen and oxygen atoms in total. The molecule has 7 heteroatoms. The van der Waals surface area contributed by atoms with Crippen molar-refractivity contribution >= 4 is 23.4 Å². The molecule has 1 saturated heterocycles. The highest BCUT2D eigenvalue weighted by atomic mass is 16.5. The first kappa shape index (κ1) is 18.8. The van der Waals surface area contributed by atoms with E-state index in [1.165, 1.54) is 0 Å². The number of nitrogens with zero attached hydrogens (tertiary/aromatic N) is 1. The van der Waals surface area contributed by atoms with Gasteiger partial charge in [-0.05, 0) is 25.5 Å². The van der Waals surface area contributed by atoms with Crippen molar-refractivity contribution in [3.8, 4) is 5.75 Å². The minimum absolute atomic E-state index is 0.00177. The van der Waals surface area contributed by atoms with Gasteiger partial charge in [0.1, 0.15) is 5.75 Å². The van der Waals surface area contributed by atoms with Crippen molar-refractivity contribution < 1.29 is 19.1 Å². The second-order valence-electron chi connectivity index (χ2n) is 5.94. The molecular weight excluding hydrogens is 322 g/mol. The zero-order chi connectivity index (χ0) is 18.2. The molecule has 0 unspecified atom stereocenters. The van der Waals surface area contributed by atoms with Crippen LogP contribution in [0.4, 0.5) is 5.69 Å². The number of carbonyl (C=O) groups is 3. The number of hydrogen-bond donors (Lipinski definition) is 2. The molecule has 0 saturated carbocycles. The molecule has 1 fully saturated rings. The molecule has 2 rings (SSSR count). The summed E-state index contributed by atoms with van der Waals surface area (Å²) < 4.78 is 5.54. The Kier molecular flexibility index (Phi) is 6.80. The molecule has 0 radical (unpaired) electrons. The van der Waals surface area contributed by atoms with Gasteiger partial charge in [0.25, 0.3) is 5.91 Å². The summed E-state index contributed by atoms with van der Waals surface area (Å²) in [6.07, 6.45) is 1.07. The van der Waals surface area contributed by atoms with E-state index in [-0.39, 0.29) is 30.2 Å². The molecule has 3 amide bonds. The third-order valence-corrected chi connectivity index (χ3v) is 4.06. The normalized spacial score (nSPS) is 16.4. The van der Waals surface area contributed by atoms with Crippen LogP contribution in [0.5, 0.6) is 5.75 Å². The van der Waals surface area contributed by atoms with Gasteiger partial charge in [-0.15, -0.1) is 0 Å². The zero-order valence-corrected chi connectivity index (χ0v) is 14.7. The van der Waals surface area contributed by atoms with Crippen LogP contribution >= 0.6 is 0 Å². The average molecular weight is 347 g/mol. The van der Waals surface area contributed by atoms with E-state index >= 15 is 0 Å². The van der Waals surface area contributed by atoms with Gasteiger partial charge >= 0.3 is 0 Å². The monoisotopic (exact) mass is 347 g/mol. The van der Waals surface area contributed by atoms with Crippen LogP contribution in [0.3, 0.4) is 0 Å². The lowest BCUT2D eigenvalue weighted by molar-refractivity contribution is -0.132. The summed E-state index contributed by atoms with van der Waals surface area (Å²) in [5.41, 5.74) is 0.634. The van der Waals surface area contributed by atoms with Gasteiger partial charge < -0.3 is 20.3 Å². The molecule has 0 spiro atoms. The molecule has 1 aromatic carbocycles. The maximum absolute atomic E-state index is 12.3. The molecule has 1 aromatic rings. The second-order valence-corrected chi connectivity index (χ2v) is 5.94. The van der Waals surface area contributed by atoms with Crippen molar-refractivity contribution in [2.45, 2.75) is 26.7 Å². The highest BCUT2D eigenvalue weighted by Crippen LogP contribution is 2.19. The Morgan fingerprint density at radius 3 is 2.80 bits per heavy atom. The van der Waals surface area contributed by atoms with E-state index in [2.05, 4.69) is 10.6 Å². The van der Waals surface area contributed by atoms with Gasteiger partial charge in [-0.3, -0.25) is 14.4 Å². The number of carbonyl (C=O) groups excluding carboxylic acids is 3. The third kappa shape index (κ3) is 5.48. The van der Waals surface area contributed by atoms with Crippen molar-refractivity contribution in [2.24, 2.45) is 5.92 Å². The van der Waals surface area contributed by atoms with Crippen LogP contribution in [0, 0.1) is 5.92 Å². The van der Waals surface area contributed by atoms with Gasteiger partial charge in [-0.2, -0.15) is 0 Å². The van der Waals surface area contributed by atoms with Gasteiger partial charge in [0.15, 0.2) is 6.61 Å². The second kappa shape index (κ2) is 9.05. The molecule has 0 aromatic heterocycles. The topological polar surface area (TPSA) is 87.7 Å². The van der Waals surface area contributed by atoms with E-state index in [0.717, 1.165) is 0 Å². The predicted molar refractivity (Wildman–Crippen MR) is 94.2 cm³/mol. The smallest absolute Gasteiger partial charge is 0.260 e. The maximum atomic E-state index is 12.3. The Morgan fingerprint density at radius 1 is 1.28 bits per heavy atom. The molecule has 136 valence electrons. The summed E-state index contributed by atoms with van der Waals surface area (Å²) >= 11 is 0. The maximum Gasteiger partial charge on any atom is 0.260 e. The van der Waals surface area contributed by atoms with Crippen LogP contribution in [-0.2, 0) is 14.4 Å². The minimum atomic E-state index is -0.144. The van der Waals surface area contributed by atoms with Gasteiger partial charge in [0.2, 0.25) is 11.8 Å². The molecule has 25 heavy (non-hydrogen) atoms. The Balaban J connectivity index is 1.83. The van der Waals surface area contributed by atoms with E-state index in [0.29, 0.717) is 43.9 Å². The first-order valence-corrected chi connectivity index (χ1v) is 8.61. The van der Waals surface area contributed by atoms with E-state index < -0.39 is 0 Å². The quantitative estimate of drug-likeness (QED) is 0.780. The number of amides is 3. The summed E-state index contributed by atoms with van der Waals surface area (Å²) in [5, 5.41) is 5.53. The van der Waals surface area contributed by atoms with Crippen molar-refractivity contribution in [1.29, 1.82) is 0 Å². The Bertz CT molecular complexity index is 633. The molecule has 1 aliphatic heterocycles. The van der Waals surface area contributed by atoms with Crippen molar-refractivity contribution in [2.75, 3.05) is 31.6 Å². The fraction of sp³-hybridized carbons (Fsp3) is 0.500. The summed E-state index contributed by atoms with van der Waals surface area (Å²) in [5.74, 6) is 0.146. The largest absolute Gasteiger partial charge is 0.484 e.